The lowest BCUT2D eigenvalue weighted by atomic mass is 10.1. The number of carbonyl (C=O) groups excluding carboxylic acids is 1. The van der Waals surface area contributed by atoms with Crippen LogP contribution in [0.15, 0.2) is 23.3 Å². The Morgan fingerprint density at radius 1 is 1.13 bits per heavy atom. The minimum absolute atomic E-state index is 0.331. The average Bonchev–Trinajstić information content (AvgIpc) is 3.09. The van der Waals surface area contributed by atoms with Gasteiger partial charge in [-0.25, -0.2) is 10.4 Å². The summed E-state index contributed by atoms with van der Waals surface area (Å²) in [7, 11) is 0. The van der Waals surface area contributed by atoms with Crippen LogP contribution in [0.3, 0.4) is 0 Å². The number of nitrogens with one attached hydrogen (secondary N) is 1. The molecule has 7 nitrogen and oxygen atoms in total. The number of hydrogen-bond donors (Lipinski definition) is 2. The number of aromatic nitrogens is 1. The van der Waals surface area contributed by atoms with Gasteiger partial charge in [-0.1, -0.05) is 56.8 Å². The van der Waals surface area contributed by atoms with Gasteiger partial charge in [0.1, 0.15) is 4.88 Å². The predicted molar refractivity (Wildman–Crippen MR) is 127 cm³/mol. The summed E-state index contributed by atoms with van der Waals surface area (Å²) in [6, 6.07) is 5.62. The molecule has 0 bridgehead atoms. The molecule has 1 heterocycles. The molecule has 8 heteroatoms. The van der Waals surface area contributed by atoms with Gasteiger partial charge in [-0.2, -0.15) is 5.10 Å². The molecule has 0 aliphatic carbocycles. The molecule has 170 valence electrons. The second kappa shape index (κ2) is 13.6. The van der Waals surface area contributed by atoms with Gasteiger partial charge in [0.15, 0.2) is 16.6 Å². The summed E-state index contributed by atoms with van der Waals surface area (Å²) in [5.74, 6) is 1.07. The van der Waals surface area contributed by atoms with Crippen molar-refractivity contribution in [1.29, 1.82) is 0 Å². The fourth-order valence-corrected chi connectivity index (χ4v) is 3.80. The first-order valence-electron chi connectivity index (χ1n) is 11.0. The molecule has 0 aliphatic heterocycles. The standard InChI is InChI=1S/C23H34N4O3S/c1-4-6-7-8-9-10-11-14-30-19-13-12-18(15-20(19)29-5-2)16-25-27-22(28)21-17(3)26-23(24)31-21/h12-13,15-16H,4-11,14H2,1-3H3,(H2,24,26)(H,27,28)/b25-16-. The average molecular weight is 447 g/mol. The molecule has 1 aromatic carbocycles. The smallest absolute Gasteiger partial charge is 0.283 e. The number of benzene rings is 1. The molecule has 2 rings (SSSR count). The van der Waals surface area contributed by atoms with Crippen molar-refractivity contribution in [2.45, 2.75) is 65.7 Å². The quantitative estimate of drug-likeness (QED) is 0.232. The zero-order chi connectivity index (χ0) is 22.5. The largest absolute Gasteiger partial charge is 0.490 e. The van der Waals surface area contributed by atoms with Crippen LogP contribution in [0.1, 0.15) is 79.7 Å². The summed E-state index contributed by atoms with van der Waals surface area (Å²) in [5, 5.41) is 4.39. The molecular weight excluding hydrogens is 412 g/mol. The third-order valence-electron chi connectivity index (χ3n) is 4.67. The monoisotopic (exact) mass is 446 g/mol. The van der Waals surface area contributed by atoms with Crippen LogP contribution in [0.25, 0.3) is 0 Å². The molecule has 3 N–H and O–H groups in total. The number of ether oxygens (including phenoxy) is 2. The van der Waals surface area contributed by atoms with Crippen LogP contribution in [-0.4, -0.2) is 30.3 Å². The number of unbranched alkanes of at least 4 members (excludes halogenated alkanes) is 6. The van der Waals surface area contributed by atoms with Gasteiger partial charge in [-0.3, -0.25) is 4.79 Å². The van der Waals surface area contributed by atoms with Crippen LogP contribution in [0.4, 0.5) is 5.13 Å². The Bertz CT molecular complexity index is 851. The van der Waals surface area contributed by atoms with Crippen LogP contribution in [-0.2, 0) is 0 Å². The van der Waals surface area contributed by atoms with Crippen molar-refractivity contribution in [3.8, 4) is 11.5 Å². The van der Waals surface area contributed by atoms with E-state index in [0.717, 1.165) is 29.1 Å². The zero-order valence-corrected chi connectivity index (χ0v) is 19.6. The summed E-state index contributed by atoms with van der Waals surface area (Å²) < 4.78 is 11.7. The van der Waals surface area contributed by atoms with Crippen LogP contribution in [0.2, 0.25) is 0 Å². The van der Waals surface area contributed by atoms with E-state index in [4.69, 9.17) is 15.2 Å². The summed E-state index contributed by atoms with van der Waals surface area (Å²) in [5.41, 5.74) is 9.54. The van der Waals surface area contributed by atoms with E-state index in [1.807, 2.05) is 25.1 Å². The molecule has 1 amide bonds. The number of nitrogens with zero attached hydrogens (tertiary/aromatic N) is 2. The number of hydrogen-bond acceptors (Lipinski definition) is 7. The van der Waals surface area contributed by atoms with E-state index in [-0.39, 0.29) is 5.91 Å². The van der Waals surface area contributed by atoms with E-state index < -0.39 is 0 Å². The third-order valence-corrected chi connectivity index (χ3v) is 5.66. The van der Waals surface area contributed by atoms with Gasteiger partial charge in [0.05, 0.1) is 25.1 Å². The normalized spacial score (nSPS) is 11.1. The highest BCUT2D eigenvalue weighted by Gasteiger charge is 2.13. The van der Waals surface area contributed by atoms with Crippen molar-refractivity contribution in [2.75, 3.05) is 18.9 Å². The number of hydrazone groups is 1. The molecule has 0 fully saturated rings. The highest BCUT2D eigenvalue weighted by Crippen LogP contribution is 2.28. The predicted octanol–water partition coefficient (Wildman–Crippen LogP) is 5.33. The second-order valence-electron chi connectivity index (χ2n) is 7.27. The maximum absolute atomic E-state index is 12.2. The number of nitrogen functional groups attached to an aromatic ring is 1. The molecule has 31 heavy (non-hydrogen) atoms. The summed E-state index contributed by atoms with van der Waals surface area (Å²) >= 11 is 1.14. The Kier molecular flexibility index (Phi) is 10.9. The lowest BCUT2D eigenvalue weighted by Crippen LogP contribution is -2.17. The minimum atomic E-state index is -0.331. The first-order valence-corrected chi connectivity index (χ1v) is 11.8. The lowest BCUT2D eigenvalue weighted by molar-refractivity contribution is 0.0958. The third kappa shape index (κ3) is 8.57. The molecule has 0 aliphatic rings. The van der Waals surface area contributed by atoms with Crippen molar-refractivity contribution >= 4 is 28.6 Å². The topological polar surface area (TPSA) is 98.8 Å². The van der Waals surface area contributed by atoms with Gasteiger partial charge in [0.25, 0.3) is 5.91 Å². The van der Waals surface area contributed by atoms with Gasteiger partial charge in [-0.05, 0) is 44.0 Å². The minimum Gasteiger partial charge on any atom is -0.490 e. The van der Waals surface area contributed by atoms with Crippen LogP contribution in [0.5, 0.6) is 11.5 Å². The number of carbonyl (C=O) groups is 1. The molecule has 0 saturated carbocycles. The van der Waals surface area contributed by atoms with Crippen molar-refractivity contribution in [1.82, 2.24) is 10.4 Å². The fourth-order valence-electron chi connectivity index (χ4n) is 3.08. The molecule has 0 atom stereocenters. The molecule has 0 unspecified atom stereocenters. The SMILES string of the molecule is CCCCCCCCCOc1ccc(/C=N\NC(=O)c2sc(N)nc2C)cc1OCC. The van der Waals surface area contributed by atoms with Crippen molar-refractivity contribution in [2.24, 2.45) is 5.10 Å². The Hall–Kier alpha value is -2.61. The van der Waals surface area contributed by atoms with Gasteiger partial charge in [0.2, 0.25) is 0 Å². The van der Waals surface area contributed by atoms with Crippen molar-refractivity contribution in [3.63, 3.8) is 0 Å². The molecule has 0 saturated heterocycles. The molecule has 0 spiro atoms. The maximum Gasteiger partial charge on any atom is 0.283 e. The lowest BCUT2D eigenvalue weighted by Gasteiger charge is -2.12. The number of nitrogens with two attached hydrogens (primary N) is 1. The number of rotatable bonds is 14. The van der Waals surface area contributed by atoms with E-state index in [1.54, 1.807) is 13.1 Å². The highest BCUT2D eigenvalue weighted by molar-refractivity contribution is 7.17. The molecule has 0 radical (unpaired) electrons. The van der Waals surface area contributed by atoms with Crippen LogP contribution >= 0.6 is 11.3 Å². The highest BCUT2D eigenvalue weighted by atomic mass is 32.1. The van der Waals surface area contributed by atoms with E-state index in [1.165, 1.54) is 38.5 Å². The number of thiazole rings is 1. The Balaban J connectivity index is 1.85. The molecule has 2 aromatic rings. The Labute approximate surface area is 189 Å². The van der Waals surface area contributed by atoms with E-state index in [9.17, 15) is 4.79 Å². The van der Waals surface area contributed by atoms with Crippen molar-refractivity contribution in [3.05, 3.63) is 34.3 Å². The summed E-state index contributed by atoms with van der Waals surface area (Å²) in [6.07, 6.45) is 10.3. The van der Waals surface area contributed by atoms with E-state index >= 15 is 0 Å². The van der Waals surface area contributed by atoms with Gasteiger partial charge >= 0.3 is 0 Å². The van der Waals surface area contributed by atoms with Crippen LogP contribution < -0.4 is 20.6 Å². The molecule has 1 aromatic heterocycles. The Morgan fingerprint density at radius 2 is 1.87 bits per heavy atom. The Morgan fingerprint density at radius 3 is 2.55 bits per heavy atom. The molecular formula is C23H34N4O3S. The second-order valence-corrected chi connectivity index (χ2v) is 8.31. The number of aryl methyl sites for hydroxylation is 1. The maximum atomic E-state index is 12.2. The van der Waals surface area contributed by atoms with E-state index in [0.29, 0.717) is 34.7 Å². The number of anilines is 1. The van der Waals surface area contributed by atoms with Crippen LogP contribution in [0, 0.1) is 6.92 Å². The van der Waals surface area contributed by atoms with Gasteiger partial charge < -0.3 is 15.2 Å². The first-order chi connectivity index (χ1) is 15.0. The van der Waals surface area contributed by atoms with Gasteiger partial charge in [-0.15, -0.1) is 0 Å². The summed E-state index contributed by atoms with van der Waals surface area (Å²) in [4.78, 5) is 16.7. The van der Waals surface area contributed by atoms with Gasteiger partial charge in [0, 0.05) is 0 Å². The van der Waals surface area contributed by atoms with Crippen molar-refractivity contribution < 1.29 is 14.3 Å². The fraction of sp³-hybridized carbons (Fsp3) is 0.522. The zero-order valence-electron chi connectivity index (χ0n) is 18.8. The first kappa shape index (κ1) is 24.7. The number of amides is 1. The summed E-state index contributed by atoms with van der Waals surface area (Å²) in [6.45, 7) is 7.12. The van der Waals surface area contributed by atoms with E-state index in [2.05, 4.69) is 22.4 Å².